The second-order valence-corrected chi connectivity index (χ2v) is 4.29. The third kappa shape index (κ3) is 3.03. The van der Waals surface area contributed by atoms with E-state index < -0.39 is 0 Å². The Hall–Kier alpha value is -0.0761. The Labute approximate surface area is 137 Å². The molecule has 0 saturated heterocycles. The van der Waals surface area contributed by atoms with Crippen LogP contribution in [0, 0.1) is 6.08 Å². The normalized spacial score (nSPS) is 15.0. The Kier molecular flexibility index (Phi) is 5.46. The van der Waals surface area contributed by atoms with E-state index in [4.69, 9.17) is 23.2 Å². The number of likely N-dealkylation sites (N-methyl/N-ethyl adjacent to an activating group) is 1. The zero-order valence-corrected chi connectivity index (χ0v) is 13.7. The Morgan fingerprint density at radius 3 is 2.53 bits per heavy atom. The van der Waals surface area contributed by atoms with E-state index in [2.05, 4.69) is 12.7 Å². The molecule has 0 unspecified atom stereocenters. The fraction of sp³-hybridized carbons (Fsp3) is 0.0769. The molecule has 0 bridgehead atoms. The van der Waals surface area contributed by atoms with E-state index in [9.17, 15) is 0 Å². The predicted octanol–water partition coefficient (Wildman–Crippen LogP) is 4.06. The van der Waals surface area contributed by atoms with E-state index in [1.807, 2.05) is 36.2 Å². The minimum atomic E-state index is 0. The van der Waals surface area contributed by atoms with Crippen LogP contribution in [0.2, 0.25) is 5.02 Å². The van der Waals surface area contributed by atoms with Crippen LogP contribution in [0.25, 0.3) is 5.70 Å². The zero-order valence-electron chi connectivity index (χ0n) is 9.37. The molecule has 1 nitrogen and oxygen atoms in total. The van der Waals surface area contributed by atoms with Gasteiger partial charge in [-0.05, 0) is 15.8 Å². The predicted molar refractivity (Wildman–Crippen MR) is 68.9 cm³/mol. The molecule has 4 heteroatoms. The van der Waals surface area contributed by atoms with Gasteiger partial charge in [0, 0.05) is 39.8 Å². The van der Waals surface area contributed by atoms with E-state index in [-0.39, 0.29) is 32.7 Å². The molecule has 0 amide bonds. The van der Waals surface area contributed by atoms with Gasteiger partial charge in [-0.25, -0.2) is 0 Å². The maximum atomic E-state index is 6.14. The van der Waals surface area contributed by atoms with Gasteiger partial charge in [-0.1, -0.05) is 47.6 Å². The van der Waals surface area contributed by atoms with Gasteiger partial charge in [0.2, 0.25) is 0 Å². The number of hydrogen-bond acceptors (Lipinski definition) is 1. The number of allylic oxidation sites excluding steroid dienone is 3. The van der Waals surface area contributed by atoms with Crippen LogP contribution in [0.5, 0.6) is 0 Å². The van der Waals surface area contributed by atoms with Gasteiger partial charge >= 0.3 is 0 Å². The minimum Gasteiger partial charge on any atom is -0.377 e. The molecule has 0 aliphatic carbocycles. The molecule has 0 aromatic heterocycles. The number of benzene rings is 1. The van der Waals surface area contributed by atoms with Crippen molar-refractivity contribution in [2.24, 2.45) is 0 Å². The number of nitrogens with zero attached hydrogens (tertiary/aromatic N) is 1. The Morgan fingerprint density at radius 1 is 1.24 bits per heavy atom. The Bertz CT molecular complexity index is 506. The summed E-state index contributed by atoms with van der Waals surface area (Å²) in [6, 6.07) is 7.63. The summed E-state index contributed by atoms with van der Waals surface area (Å²) in [5, 5.41) is 1.29. The molecule has 17 heavy (non-hydrogen) atoms. The van der Waals surface area contributed by atoms with Crippen molar-refractivity contribution in [3.8, 4) is 0 Å². The third-order valence-electron chi connectivity index (χ3n) is 2.48. The molecule has 2 rings (SSSR count). The summed E-state index contributed by atoms with van der Waals surface area (Å²) >= 11 is 12.1. The molecular formula is C13H10Cl2NY-. The molecule has 0 spiro atoms. The minimum absolute atomic E-state index is 0. The SMILES string of the molecule is C=C1C(Cl)=C[C-]=C(c2ccccc2Cl)N1C.[Y]. The second-order valence-electron chi connectivity index (χ2n) is 3.47. The number of halogens is 2. The van der Waals surface area contributed by atoms with Gasteiger partial charge in [-0.2, -0.15) is 23.8 Å². The summed E-state index contributed by atoms with van der Waals surface area (Å²) < 4.78 is 0. The van der Waals surface area contributed by atoms with E-state index in [0.29, 0.717) is 10.1 Å². The molecule has 0 saturated carbocycles. The zero-order chi connectivity index (χ0) is 11.7. The van der Waals surface area contributed by atoms with Crippen LogP contribution in [0.1, 0.15) is 5.56 Å². The van der Waals surface area contributed by atoms with Crippen molar-refractivity contribution in [1.82, 2.24) is 4.90 Å². The first kappa shape index (κ1) is 15.0. The molecule has 0 atom stereocenters. The van der Waals surface area contributed by atoms with Gasteiger partial charge < -0.3 is 4.90 Å². The average Bonchev–Trinajstić information content (AvgIpc) is 2.28. The fourth-order valence-electron chi connectivity index (χ4n) is 1.52. The molecule has 1 radical (unpaired) electrons. The van der Waals surface area contributed by atoms with Crippen LogP contribution in [-0.2, 0) is 32.7 Å². The molecule has 1 aliphatic heterocycles. The summed E-state index contributed by atoms with van der Waals surface area (Å²) in [5.74, 6) is 0. The van der Waals surface area contributed by atoms with Gasteiger partial charge in [0.1, 0.15) is 0 Å². The second kappa shape index (κ2) is 6.20. The summed E-state index contributed by atoms with van der Waals surface area (Å²) in [6.07, 6.45) is 4.82. The largest absolute Gasteiger partial charge is 0.377 e. The smallest absolute Gasteiger partial charge is 0.00850 e. The molecular weight excluding hydrogens is 330 g/mol. The van der Waals surface area contributed by atoms with Crippen molar-refractivity contribution < 1.29 is 32.7 Å². The standard InChI is InChI=1S/C13H10Cl2N.Y/c1-9-11(14)7-8-13(16(9)2)10-5-3-4-6-12(10)15;/h3-7H,1H2,2H3;/q-1;. The summed E-state index contributed by atoms with van der Waals surface area (Å²) in [4.78, 5) is 1.88. The Balaban J connectivity index is 0.00000144. The van der Waals surface area contributed by atoms with Crippen molar-refractivity contribution in [1.29, 1.82) is 0 Å². The topological polar surface area (TPSA) is 3.24 Å². The first-order valence-electron chi connectivity index (χ1n) is 4.78. The van der Waals surface area contributed by atoms with E-state index in [0.717, 1.165) is 17.0 Å². The van der Waals surface area contributed by atoms with Gasteiger partial charge in [0.05, 0.1) is 0 Å². The van der Waals surface area contributed by atoms with Crippen molar-refractivity contribution in [3.05, 3.63) is 64.3 Å². The van der Waals surface area contributed by atoms with Crippen LogP contribution in [0.15, 0.2) is 47.6 Å². The van der Waals surface area contributed by atoms with Crippen LogP contribution in [0.3, 0.4) is 0 Å². The van der Waals surface area contributed by atoms with Crippen molar-refractivity contribution in [2.45, 2.75) is 0 Å². The van der Waals surface area contributed by atoms with Crippen LogP contribution in [-0.4, -0.2) is 11.9 Å². The Morgan fingerprint density at radius 2 is 1.88 bits per heavy atom. The molecule has 1 aliphatic rings. The summed E-state index contributed by atoms with van der Waals surface area (Å²) in [5.41, 5.74) is 2.54. The van der Waals surface area contributed by atoms with E-state index >= 15 is 0 Å². The quantitative estimate of drug-likeness (QED) is 0.697. The molecule has 0 fully saturated rings. The number of hydrogen-bond donors (Lipinski definition) is 0. The molecule has 0 N–H and O–H groups in total. The van der Waals surface area contributed by atoms with Gasteiger partial charge in [0.25, 0.3) is 0 Å². The third-order valence-corrected chi connectivity index (χ3v) is 3.14. The molecule has 1 aromatic carbocycles. The monoisotopic (exact) mass is 339 g/mol. The summed E-state index contributed by atoms with van der Waals surface area (Å²) in [6.45, 7) is 3.90. The number of rotatable bonds is 1. The first-order chi connectivity index (χ1) is 7.61. The average molecular weight is 340 g/mol. The fourth-order valence-corrected chi connectivity index (χ4v) is 1.93. The van der Waals surface area contributed by atoms with Gasteiger partial charge in [-0.3, -0.25) is 0 Å². The van der Waals surface area contributed by atoms with Crippen LogP contribution >= 0.6 is 23.2 Å². The van der Waals surface area contributed by atoms with E-state index in [1.165, 1.54) is 0 Å². The van der Waals surface area contributed by atoms with Crippen molar-refractivity contribution in [2.75, 3.05) is 7.05 Å². The summed E-state index contributed by atoms with van der Waals surface area (Å²) in [7, 11) is 1.89. The van der Waals surface area contributed by atoms with Crippen LogP contribution < -0.4 is 0 Å². The van der Waals surface area contributed by atoms with Crippen LogP contribution in [0.4, 0.5) is 0 Å². The first-order valence-corrected chi connectivity index (χ1v) is 5.54. The maximum absolute atomic E-state index is 6.14. The van der Waals surface area contributed by atoms with Crippen molar-refractivity contribution in [3.63, 3.8) is 0 Å². The van der Waals surface area contributed by atoms with Crippen molar-refractivity contribution >= 4 is 28.9 Å². The van der Waals surface area contributed by atoms with Gasteiger partial charge in [-0.15, -0.1) is 6.07 Å². The van der Waals surface area contributed by atoms with E-state index in [1.54, 1.807) is 6.08 Å². The maximum Gasteiger partial charge on any atom is 0.00850 e. The molecule has 85 valence electrons. The molecule has 1 aromatic rings. The molecule has 1 heterocycles. The van der Waals surface area contributed by atoms with Gasteiger partial charge in [0.15, 0.2) is 0 Å².